The van der Waals surface area contributed by atoms with E-state index in [1.165, 1.54) is 0 Å². The van der Waals surface area contributed by atoms with Crippen molar-refractivity contribution in [3.05, 3.63) is 0 Å². The number of phosphoric acid groups is 1. The molecule has 0 saturated heterocycles. The highest BCUT2D eigenvalue weighted by Crippen LogP contribution is 2.43. The monoisotopic (exact) mass is 307 g/mol. The summed E-state index contributed by atoms with van der Waals surface area (Å²) in [6.45, 7) is 8.56. The normalized spacial score (nSPS) is 17.6. The predicted molar refractivity (Wildman–Crippen MR) is 81.6 cm³/mol. The van der Waals surface area contributed by atoms with Gasteiger partial charge in [0.25, 0.3) is 7.82 Å². The molecule has 0 heterocycles. The van der Waals surface area contributed by atoms with Crippen LogP contribution in [0, 0.1) is 5.92 Å². The van der Waals surface area contributed by atoms with E-state index in [2.05, 4.69) is 20.8 Å². The number of hydrogen-bond acceptors (Lipinski definition) is 4. The van der Waals surface area contributed by atoms with Crippen molar-refractivity contribution in [2.24, 2.45) is 5.92 Å². The summed E-state index contributed by atoms with van der Waals surface area (Å²) >= 11 is 0. The van der Waals surface area contributed by atoms with E-state index in [4.69, 9.17) is 9.05 Å². The van der Waals surface area contributed by atoms with Crippen LogP contribution in [0.2, 0.25) is 0 Å². The third-order valence-corrected chi connectivity index (χ3v) is 4.57. The second kappa shape index (κ2) is 11.7. The summed E-state index contributed by atoms with van der Waals surface area (Å²) in [6.07, 6.45) is 7.21. The van der Waals surface area contributed by atoms with Gasteiger partial charge in [-0.05, 0) is 25.2 Å². The van der Waals surface area contributed by atoms with Crippen molar-refractivity contribution < 1.29 is 18.5 Å². The van der Waals surface area contributed by atoms with Gasteiger partial charge in [0.05, 0.1) is 12.7 Å². The van der Waals surface area contributed by atoms with Gasteiger partial charge < -0.3 is 13.9 Å². The van der Waals surface area contributed by atoms with Crippen molar-refractivity contribution in [2.75, 3.05) is 6.61 Å². The minimum Gasteiger partial charge on any atom is -0.756 e. The Morgan fingerprint density at radius 3 is 2.15 bits per heavy atom. The maximum atomic E-state index is 11.9. The van der Waals surface area contributed by atoms with Gasteiger partial charge in [0, 0.05) is 0 Å². The quantitative estimate of drug-likeness (QED) is 0.366. The summed E-state index contributed by atoms with van der Waals surface area (Å²) in [5, 5.41) is 0. The Labute approximate surface area is 124 Å². The molecule has 0 aliphatic rings. The molecule has 0 saturated carbocycles. The fourth-order valence-corrected chi connectivity index (χ4v) is 3.43. The van der Waals surface area contributed by atoms with E-state index in [-0.39, 0.29) is 12.7 Å². The predicted octanol–water partition coefficient (Wildman–Crippen LogP) is 4.67. The number of phosphoric ester groups is 1. The first kappa shape index (κ1) is 20.1. The molecule has 3 atom stereocenters. The maximum Gasteiger partial charge on any atom is 0.268 e. The molecule has 20 heavy (non-hydrogen) atoms. The minimum absolute atomic E-state index is 0.234. The standard InChI is InChI=1S/C15H33O4P/c1-5-9-10-13-18-20(16,17)19-15(12-7-3)14(8-4)11-6-2/h14-15H,5-13H2,1-4H3,(H,16,17)/p-1. The van der Waals surface area contributed by atoms with Crippen molar-refractivity contribution in [1.29, 1.82) is 0 Å². The zero-order valence-electron chi connectivity index (χ0n) is 13.6. The summed E-state index contributed by atoms with van der Waals surface area (Å²) in [7, 11) is -4.16. The third kappa shape index (κ3) is 9.12. The number of unbranched alkanes of at least 4 members (excludes halogenated alkanes) is 2. The van der Waals surface area contributed by atoms with Gasteiger partial charge in [-0.15, -0.1) is 0 Å². The molecule has 0 aliphatic heterocycles. The molecule has 5 heteroatoms. The number of hydrogen-bond donors (Lipinski definition) is 0. The highest BCUT2D eigenvalue weighted by atomic mass is 31.2. The van der Waals surface area contributed by atoms with Gasteiger partial charge in [-0.25, -0.2) is 0 Å². The Balaban J connectivity index is 4.42. The minimum atomic E-state index is -4.16. The van der Waals surface area contributed by atoms with E-state index in [9.17, 15) is 9.46 Å². The van der Waals surface area contributed by atoms with Crippen molar-refractivity contribution in [1.82, 2.24) is 0 Å². The zero-order valence-corrected chi connectivity index (χ0v) is 14.5. The molecule has 0 aromatic carbocycles. The molecule has 0 spiro atoms. The van der Waals surface area contributed by atoms with Gasteiger partial charge >= 0.3 is 0 Å². The molecule has 0 aliphatic carbocycles. The molecule has 0 rings (SSSR count). The summed E-state index contributed by atoms with van der Waals surface area (Å²) < 4.78 is 22.2. The van der Waals surface area contributed by atoms with Crippen molar-refractivity contribution >= 4 is 7.82 Å². The van der Waals surface area contributed by atoms with Gasteiger partial charge in [0.2, 0.25) is 0 Å². The Kier molecular flexibility index (Phi) is 11.8. The Hall–Kier alpha value is 0.110. The van der Waals surface area contributed by atoms with Gasteiger partial charge in [0.1, 0.15) is 0 Å². The topological polar surface area (TPSA) is 58.6 Å². The smallest absolute Gasteiger partial charge is 0.268 e. The van der Waals surface area contributed by atoms with Crippen LogP contribution in [0.5, 0.6) is 0 Å². The van der Waals surface area contributed by atoms with Crippen LogP contribution < -0.4 is 4.89 Å². The highest BCUT2D eigenvalue weighted by molar-refractivity contribution is 7.45. The van der Waals surface area contributed by atoms with Crippen LogP contribution in [0.4, 0.5) is 0 Å². The molecular formula is C15H32O4P-. The molecule has 4 nitrogen and oxygen atoms in total. The maximum absolute atomic E-state index is 11.9. The fourth-order valence-electron chi connectivity index (χ4n) is 2.41. The van der Waals surface area contributed by atoms with Gasteiger partial charge in [0.15, 0.2) is 0 Å². The van der Waals surface area contributed by atoms with Crippen LogP contribution in [0.15, 0.2) is 0 Å². The second-order valence-electron chi connectivity index (χ2n) is 5.38. The van der Waals surface area contributed by atoms with Crippen LogP contribution in [0.1, 0.15) is 79.1 Å². The third-order valence-electron chi connectivity index (χ3n) is 3.54. The van der Waals surface area contributed by atoms with Crippen LogP contribution in [-0.2, 0) is 13.6 Å². The average Bonchev–Trinajstić information content (AvgIpc) is 2.40. The van der Waals surface area contributed by atoms with Crippen LogP contribution in [0.25, 0.3) is 0 Å². The lowest BCUT2D eigenvalue weighted by Crippen LogP contribution is -2.25. The van der Waals surface area contributed by atoms with Crippen LogP contribution >= 0.6 is 7.82 Å². The number of rotatable bonds is 13. The SMILES string of the molecule is CCCCCOP(=O)([O-])OC(CCC)C(CC)CCC. The fraction of sp³-hybridized carbons (Fsp3) is 1.00. The Morgan fingerprint density at radius 2 is 1.65 bits per heavy atom. The molecule has 0 aromatic rings. The lowest BCUT2D eigenvalue weighted by Gasteiger charge is -2.32. The lowest BCUT2D eigenvalue weighted by atomic mass is 9.92. The van der Waals surface area contributed by atoms with Gasteiger partial charge in [-0.2, -0.15) is 0 Å². The molecular weight excluding hydrogens is 275 g/mol. The average molecular weight is 307 g/mol. The van der Waals surface area contributed by atoms with Crippen LogP contribution in [0.3, 0.4) is 0 Å². The van der Waals surface area contributed by atoms with Crippen LogP contribution in [-0.4, -0.2) is 12.7 Å². The first-order valence-electron chi connectivity index (χ1n) is 8.14. The summed E-state index contributed by atoms with van der Waals surface area (Å²) in [5.74, 6) is 0.293. The van der Waals surface area contributed by atoms with Crippen molar-refractivity contribution in [3.63, 3.8) is 0 Å². The van der Waals surface area contributed by atoms with E-state index in [0.29, 0.717) is 5.92 Å². The largest absolute Gasteiger partial charge is 0.756 e. The van der Waals surface area contributed by atoms with Crippen molar-refractivity contribution in [2.45, 2.75) is 85.2 Å². The van der Waals surface area contributed by atoms with Gasteiger partial charge in [-0.1, -0.05) is 59.8 Å². The molecule has 0 aromatic heterocycles. The van der Waals surface area contributed by atoms with Crippen molar-refractivity contribution in [3.8, 4) is 0 Å². The summed E-state index contributed by atoms with van der Waals surface area (Å²) in [5.41, 5.74) is 0. The highest BCUT2D eigenvalue weighted by Gasteiger charge is 2.24. The molecule has 0 radical (unpaired) electrons. The molecule has 122 valence electrons. The summed E-state index contributed by atoms with van der Waals surface area (Å²) in [6, 6.07) is 0. The Morgan fingerprint density at radius 1 is 1.00 bits per heavy atom. The lowest BCUT2D eigenvalue weighted by molar-refractivity contribution is -0.231. The van der Waals surface area contributed by atoms with E-state index < -0.39 is 7.82 Å². The van der Waals surface area contributed by atoms with E-state index in [0.717, 1.165) is 51.4 Å². The first-order chi connectivity index (χ1) is 9.50. The molecule has 0 bridgehead atoms. The zero-order chi connectivity index (χ0) is 15.4. The molecule has 3 unspecified atom stereocenters. The first-order valence-corrected chi connectivity index (χ1v) is 9.60. The van der Waals surface area contributed by atoms with E-state index >= 15 is 0 Å². The molecule has 0 N–H and O–H groups in total. The molecule has 0 fully saturated rings. The molecule has 0 amide bonds. The summed E-state index contributed by atoms with van der Waals surface area (Å²) in [4.78, 5) is 11.9. The second-order valence-corrected chi connectivity index (χ2v) is 6.74. The van der Waals surface area contributed by atoms with Gasteiger partial charge in [-0.3, -0.25) is 4.57 Å². The van der Waals surface area contributed by atoms with E-state index in [1.807, 2.05) is 6.92 Å². The van der Waals surface area contributed by atoms with E-state index in [1.54, 1.807) is 0 Å². The Bertz CT molecular complexity index is 271.